The van der Waals surface area contributed by atoms with Crippen molar-refractivity contribution in [2.45, 2.75) is 59.3 Å². The van der Waals surface area contributed by atoms with E-state index in [9.17, 15) is 0 Å². The summed E-state index contributed by atoms with van der Waals surface area (Å²) < 4.78 is 0. The monoisotopic (exact) mass is 280 g/mol. The first-order valence-electron chi connectivity index (χ1n) is 8.57. The fourth-order valence-electron chi connectivity index (χ4n) is 3.19. The molecule has 2 aliphatic carbocycles. The van der Waals surface area contributed by atoms with Crippen molar-refractivity contribution in [3.63, 3.8) is 0 Å². The van der Waals surface area contributed by atoms with Crippen molar-refractivity contribution in [3.05, 3.63) is 64.8 Å². The van der Waals surface area contributed by atoms with Crippen LogP contribution in [0.3, 0.4) is 0 Å². The molecule has 0 atom stereocenters. The molecule has 2 aliphatic rings. The Hall–Kier alpha value is -1.56. The summed E-state index contributed by atoms with van der Waals surface area (Å²) in [7, 11) is 0. The van der Waals surface area contributed by atoms with Crippen LogP contribution in [0.5, 0.6) is 0 Å². The van der Waals surface area contributed by atoms with Gasteiger partial charge in [-0.05, 0) is 54.4 Å². The van der Waals surface area contributed by atoms with Gasteiger partial charge in [-0.3, -0.25) is 0 Å². The largest absolute Gasteiger partial charge is 0.0836 e. The Balaban J connectivity index is 0.000000774. The lowest BCUT2D eigenvalue weighted by molar-refractivity contribution is 0.838. The summed E-state index contributed by atoms with van der Waals surface area (Å²) in [6.07, 6.45) is 14.5. The highest BCUT2D eigenvalue weighted by Crippen LogP contribution is 2.38. The second kappa shape index (κ2) is 8.02. The zero-order chi connectivity index (χ0) is 15.1. The third-order valence-electron chi connectivity index (χ3n) is 4.21. The van der Waals surface area contributed by atoms with Crippen molar-refractivity contribution in [2.75, 3.05) is 0 Å². The first kappa shape index (κ1) is 15.8. The Bertz CT molecular complexity index is 555. The summed E-state index contributed by atoms with van der Waals surface area (Å²) in [5.74, 6) is 0. The van der Waals surface area contributed by atoms with E-state index in [1.165, 1.54) is 60.8 Å². The van der Waals surface area contributed by atoms with Crippen molar-refractivity contribution >= 4 is 5.57 Å². The lowest BCUT2D eigenvalue weighted by atomic mass is 9.88. The smallest absolute Gasteiger partial charge is 0.0149 e. The summed E-state index contributed by atoms with van der Waals surface area (Å²) in [5, 5.41) is 0. The van der Waals surface area contributed by atoms with Crippen LogP contribution in [0.4, 0.5) is 0 Å². The zero-order valence-corrected chi connectivity index (χ0v) is 13.8. The van der Waals surface area contributed by atoms with E-state index in [-0.39, 0.29) is 0 Å². The van der Waals surface area contributed by atoms with Crippen LogP contribution >= 0.6 is 0 Å². The molecule has 0 radical (unpaired) electrons. The molecule has 0 spiro atoms. The normalized spacial score (nSPS) is 18.5. The lowest BCUT2D eigenvalue weighted by Gasteiger charge is -2.16. The van der Waals surface area contributed by atoms with Crippen LogP contribution in [0.1, 0.15) is 64.0 Å². The first-order chi connectivity index (χ1) is 10.4. The van der Waals surface area contributed by atoms with Crippen LogP contribution in [-0.2, 0) is 6.42 Å². The summed E-state index contributed by atoms with van der Waals surface area (Å²) in [5.41, 5.74) is 7.66. The molecule has 0 aromatic heterocycles. The van der Waals surface area contributed by atoms with Crippen LogP contribution in [0.25, 0.3) is 5.57 Å². The molecule has 0 saturated heterocycles. The molecule has 0 heterocycles. The van der Waals surface area contributed by atoms with E-state index in [1.54, 1.807) is 5.57 Å². The maximum atomic E-state index is 2.45. The van der Waals surface area contributed by atoms with E-state index in [1.807, 2.05) is 13.8 Å². The maximum absolute atomic E-state index is 2.45. The number of hydrogen-bond acceptors (Lipinski definition) is 0. The van der Waals surface area contributed by atoms with E-state index in [0.29, 0.717) is 0 Å². The number of allylic oxidation sites excluding steroid dienone is 6. The molecular weight excluding hydrogens is 252 g/mol. The molecule has 1 aromatic carbocycles. The Kier molecular flexibility index (Phi) is 6.04. The lowest BCUT2D eigenvalue weighted by Crippen LogP contribution is -1.96. The molecule has 112 valence electrons. The van der Waals surface area contributed by atoms with E-state index in [4.69, 9.17) is 0 Å². The average Bonchev–Trinajstić information content (AvgIpc) is 2.72. The van der Waals surface area contributed by atoms with Gasteiger partial charge in [0.1, 0.15) is 0 Å². The van der Waals surface area contributed by atoms with Gasteiger partial charge in [-0.2, -0.15) is 0 Å². The molecule has 1 aromatic rings. The van der Waals surface area contributed by atoms with Gasteiger partial charge in [-0.25, -0.2) is 0 Å². The van der Waals surface area contributed by atoms with Gasteiger partial charge >= 0.3 is 0 Å². The highest BCUT2D eigenvalue weighted by atomic mass is 14.2. The maximum Gasteiger partial charge on any atom is -0.0149 e. The summed E-state index contributed by atoms with van der Waals surface area (Å²) >= 11 is 0. The van der Waals surface area contributed by atoms with Crippen LogP contribution in [0.2, 0.25) is 0 Å². The highest BCUT2D eigenvalue weighted by molar-refractivity contribution is 5.85. The fourth-order valence-corrected chi connectivity index (χ4v) is 3.19. The number of hydrogen-bond donors (Lipinski definition) is 0. The van der Waals surface area contributed by atoms with Crippen LogP contribution < -0.4 is 0 Å². The van der Waals surface area contributed by atoms with Crippen molar-refractivity contribution in [1.29, 1.82) is 0 Å². The second-order valence-electron chi connectivity index (χ2n) is 5.52. The van der Waals surface area contributed by atoms with Crippen LogP contribution in [-0.4, -0.2) is 0 Å². The predicted octanol–water partition coefficient (Wildman–Crippen LogP) is 6.49. The number of rotatable bonds is 2. The SMILES string of the molecule is CC.CCC/C=C1/C2=C(CCC=C2)CCc2ccccc21. The predicted molar refractivity (Wildman–Crippen MR) is 94.4 cm³/mol. The average molecular weight is 280 g/mol. The zero-order valence-electron chi connectivity index (χ0n) is 13.8. The van der Waals surface area contributed by atoms with Gasteiger partial charge in [-0.15, -0.1) is 0 Å². The topological polar surface area (TPSA) is 0 Å². The van der Waals surface area contributed by atoms with Gasteiger partial charge in [-0.1, -0.05) is 75.3 Å². The Labute approximate surface area is 130 Å². The van der Waals surface area contributed by atoms with Gasteiger partial charge in [0.05, 0.1) is 0 Å². The Morgan fingerprint density at radius 3 is 2.67 bits per heavy atom. The van der Waals surface area contributed by atoms with Crippen molar-refractivity contribution in [1.82, 2.24) is 0 Å². The molecule has 0 fully saturated rings. The fraction of sp³-hybridized carbons (Fsp3) is 0.429. The molecule has 0 unspecified atom stereocenters. The summed E-state index contributed by atoms with van der Waals surface area (Å²) in [4.78, 5) is 0. The van der Waals surface area contributed by atoms with Gasteiger partial charge in [0.25, 0.3) is 0 Å². The molecule has 0 nitrogen and oxygen atoms in total. The van der Waals surface area contributed by atoms with Crippen LogP contribution in [0, 0.1) is 0 Å². The Morgan fingerprint density at radius 2 is 1.86 bits per heavy atom. The summed E-state index contributed by atoms with van der Waals surface area (Å²) in [6, 6.07) is 8.96. The highest BCUT2D eigenvalue weighted by Gasteiger charge is 2.19. The molecule has 21 heavy (non-hydrogen) atoms. The van der Waals surface area contributed by atoms with Crippen molar-refractivity contribution in [3.8, 4) is 0 Å². The number of benzene rings is 1. The van der Waals surface area contributed by atoms with Gasteiger partial charge in [0.2, 0.25) is 0 Å². The van der Waals surface area contributed by atoms with Crippen molar-refractivity contribution < 1.29 is 0 Å². The van der Waals surface area contributed by atoms with Crippen molar-refractivity contribution in [2.24, 2.45) is 0 Å². The van der Waals surface area contributed by atoms with Gasteiger partial charge in [0, 0.05) is 0 Å². The minimum Gasteiger partial charge on any atom is -0.0836 e. The van der Waals surface area contributed by atoms with E-state index >= 15 is 0 Å². The van der Waals surface area contributed by atoms with E-state index in [0.717, 1.165) is 0 Å². The summed E-state index contributed by atoms with van der Waals surface area (Å²) in [6.45, 7) is 6.26. The Morgan fingerprint density at radius 1 is 1.05 bits per heavy atom. The molecule has 0 amide bonds. The molecule has 3 rings (SSSR count). The number of fused-ring (bicyclic) bond motifs is 1. The van der Waals surface area contributed by atoms with E-state index < -0.39 is 0 Å². The van der Waals surface area contributed by atoms with Gasteiger partial charge in [0.15, 0.2) is 0 Å². The molecule has 0 saturated carbocycles. The number of unbranched alkanes of at least 4 members (excludes halogenated alkanes) is 1. The van der Waals surface area contributed by atoms with Gasteiger partial charge < -0.3 is 0 Å². The minimum absolute atomic E-state index is 1.17. The molecular formula is C21H28. The minimum atomic E-state index is 1.17. The molecule has 0 heteroatoms. The standard InChI is InChI=1S/C19H22.C2H6/c1-2-3-10-19-17-11-6-4-8-15(17)13-14-16-9-5-7-12-18(16)19;1-2/h4,6-8,10-12H,2-3,5,9,13-14H2,1H3;1-2H3/b19-10+;. The molecule has 0 aliphatic heterocycles. The molecule has 0 bridgehead atoms. The first-order valence-corrected chi connectivity index (χ1v) is 8.57. The third-order valence-corrected chi connectivity index (χ3v) is 4.21. The molecule has 0 N–H and O–H groups in total. The second-order valence-corrected chi connectivity index (χ2v) is 5.52. The van der Waals surface area contributed by atoms with E-state index in [2.05, 4.69) is 49.4 Å². The number of aryl methyl sites for hydroxylation is 1. The quantitative estimate of drug-likeness (QED) is 0.581. The third kappa shape index (κ3) is 3.56. The van der Waals surface area contributed by atoms with Crippen LogP contribution in [0.15, 0.2) is 53.6 Å².